The van der Waals surface area contributed by atoms with Gasteiger partial charge >= 0.3 is 0 Å². The minimum atomic E-state index is 0.229. The van der Waals surface area contributed by atoms with Gasteiger partial charge in [-0.3, -0.25) is 4.99 Å². The van der Waals surface area contributed by atoms with Crippen LogP contribution in [0.25, 0.3) is 0 Å². The van der Waals surface area contributed by atoms with Gasteiger partial charge in [-0.05, 0) is 38.3 Å². The predicted molar refractivity (Wildman–Crippen MR) is 81.3 cm³/mol. The molecule has 0 bridgehead atoms. The highest BCUT2D eigenvalue weighted by atomic mass is 16.5. The first kappa shape index (κ1) is 14.7. The highest BCUT2D eigenvalue weighted by Crippen LogP contribution is 2.23. The van der Waals surface area contributed by atoms with Gasteiger partial charge in [0.2, 0.25) is 0 Å². The molecule has 0 amide bonds. The Morgan fingerprint density at radius 3 is 2.90 bits per heavy atom. The summed E-state index contributed by atoms with van der Waals surface area (Å²) in [6.45, 7) is 4.17. The number of hydrogen-bond donors (Lipinski definition) is 3. The standard InChI is InChI=1S/C15H23N3O2/c1-2-20-11-5-10-16-15(17-12-8-9-12)18-13-6-3-4-7-14(13)19/h3-4,6-7,12,19H,2,5,8-11H2,1H3,(H2,16,17,18). The zero-order chi connectivity index (χ0) is 14.2. The first-order valence-corrected chi connectivity index (χ1v) is 7.23. The molecule has 5 heteroatoms. The van der Waals surface area contributed by atoms with Crippen LogP contribution < -0.4 is 10.6 Å². The molecule has 2 rings (SSSR count). The third-order valence-electron chi connectivity index (χ3n) is 3.00. The number of nitrogens with one attached hydrogen (secondary N) is 2. The number of hydrogen-bond acceptors (Lipinski definition) is 3. The van der Waals surface area contributed by atoms with Gasteiger partial charge in [0, 0.05) is 25.8 Å². The van der Waals surface area contributed by atoms with Crippen LogP contribution in [0.2, 0.25) is 0 Å². The lowest BCUT2D eigenvalue weighted by atomic mass is 10.3. The molecule has 1 aromatic rings. The number of phenolic OH excluding ortho intramolecular Hbond substituents is 1. The van der Waals surface area contributed by atoms with Gasteiger partial charge < -0.3 is 20.5 Å². The molecule has 0 radical (unpaired) electrons. The summed E-state index contributed by atoms with van der Waals surface area (Å²) >= 11 is 0. The first-order chi connectivity index (χ1) is 9.79. The van der Waals surface area contributed by atoms with Crippen LogP contribution in [0, 0.1) is 0 Å². The maximum Gasteiger partial charge on any atom is 0.196 e. The second-order valence-corrected chi connectivity index (χ2v) is 4.84. The van der Waals surface area contributed by atoms with Gasteiger partial charge in [0.25, 0.3) is 0 Å². The number of para-hydroxylation sites is 2. The van der Waals surface area contributed by atoms with Crippen LogP contribution >= 0.6 is 0 Å². The molecule has 0 aliphatic heterocycles. The maximum absolute atomic E-state index is 9.79. The van der Waals surface area contributed by atoms with E-state index in [0.29, 0.717) is 18.3 Å². The van der Waals surface area contributed by atoms with E-state index < -0.39 is 0 Å². The Balaban J connectivity index is 1.89. The topological polar surface area (TPSA) is 65.9 Å². The van der Waals surface area contributed by atoms with Crippen LogP contribution in [0.1, 0.15) is 26.2 Å². The fourth-order valence-corrected chi connectivity index (χ4v) is 1.75. The highest BCUT2D eigenvalue weighted by molar-refractivity contribution is 5.95. The Kier molecular flexibility index (Phi) is 5.68. The molecule has 0 spiro atoms. The number of aromatic hydroxyl groups is 1. The van der Waals surface area contributed by atoms with Gasteiger partial charge in [-0.2, -0.15) is 0 Å². The minimum Gasteiger partial charge on any atom is -0.506 e. The average Bonchev–Trinajstić information content (AvgIpc) is 3.25. The lowest BCUT2D eigenvalue weighted by Gasteiger charge is -2.13. The van der Waals surface area contributed by atoms with Crippen LogP contribution in [-0.4, -0.2) is 36.9 Å². The van der Waals surface area contributed by atoms with Crippen LogP contribution in [0.15, 0.2) is 29.3 Å². The van der Waals surface area contributed by atoms with Crippen LogP contribution in [0.3, 0.4) is 0 Å². The lowest BCUT2D eigenvalue weighted by molar-refractivity contribution is 0.146. The van der Waals surface area contributed by atoms with Crippen LogP contribution in [0.5, 0.6) is 5.75 Å². The van der Waals surface area contributed by atoms with Crippen molar-refractivity contribution < 1.29 is 9.84 Å². The quantitative estimate of drug-likeness (QED) is 0.310. The molecule has 0 heterocycles. The number of ether oxygens (including phenoxy) is 1. The number of phenols is 1. The molecule has 1 saturated carbocycles. The summed E-state index contributed by atoms with van der Waals surface area (Å²) in [6.07, 6.45) is 3.26. The Labute approximate surface area is 120 Å². The third kappa shape index (κ3) is 5.09. The van der Waals surface area contributed by atoms with E-state index in [-0.39, 0.29) is 5.75 Å². The summed E-state index contributed by atoms with van der Waals surface area (Å²) < 4.78 is 5.30. The fourth-order valence-electron chi connectivity index (χ4n) is 1.75. The van der Waals surface area contributed by atoms with Gasteiger partial charge in [-0.25, -0.2) is 0 Å². The molecule has 1 aromatic carbocycles. The van der Waals surface area contributed by atoms with Crippen molar-refractivity contribution in [3.8, 4) is 5.75 Å². The SMILES string of the molecule is CCOCCCN=C(Nc1ccccc1O)NC1CC1. The molecule has 1 aliphatic rings. The second kappa shape index (κ2) is 7.75. The monoisotopic (exact) mass is 277 g/mol. The highest BCUT2D eigenvalue weighted by Gasteiger charge is 2.22. The van der Waals surface area contributed by atoms with Gasteiger partial charge in [-0.15, -0.1) is 0 Å². The summed E-state index contributed by atoms with van der Waals surface area (Å²) in [7, 11) is 0. The van der Waals surface area contributed by atoms with E-state index in [0.717, 1.165) is 25.6 Å². The van der Waals surface area contributed by atoms with Crippen molar-refractivity contribution in [2.75, 3.05) is 25.1 Å². The fraction of sp³-hybridized carbons (Fsp3) is 0.533. The molecule has 0 unspecified atom stereocenters. The van der Waals surface area contributed by atoms with Crippen molar-refractivity contribution in [2.24, 2.45) is 4.99 Å². The molecule has 0 atom stereocenters. The van der Waals surface area contributed by atoms with Crippen LogP contribution in [-0.2, 0) is 4.74 Å². The Hall–Kier alpha value is -1.75. The molecule has 20 heavy (non-hydrogen) atoms. The van der Waals surface area contributed by atoms with E-state index in [1.807, 2.05) is 19.1 Å². The Morgan fingerprint density at radius 1 is 1.40 bits per heavy atom. The van der Waals surface area contributed by atoms with Crippen molar-refractivity contribution in [1.82, 2.24) is 5.32 Å². The van der Waals surface area contributed by atoms with Gasteiger partial charge in [0.1, 0.15) is 5.75 Å². The minimum absolute atomic E-state index is 0.229. The molecular formula is C15H23N3O2. The van der Waals surface area contributed by atoms with E-state index in [4.69, 9.17) is 4.74 Å². The van der Waals surface area contributed by atoms with Crippen molar-refractivity contribution >= 4 is 11.6 Å². The number of benzene rings is 1. The Morgan fingerprint density at radius 2 is 2.20 bits per heavy atom. The van der Waals surface area contributed by atoms with Gasteiger partial charge in [-0.1, -0.05) is 12.1 Å². The van der Waals surface area contributed by atoms with E-state index in [1.165, 1.54) is 12.8 Å². The molecular weight excluding hydrogens is 254 g/mol. The summed E-state index contributed by atoms with van der Waals surface area (Å²) in [6, 6.07) is 7.68. The van der Waals surface area contributed by atoms with E-state index in [1.54, 1.807) is 12.1 Å². The summed E-state index contributed by atoms with van der Waals surface area (Å²) in [5.74, 6) is 0.956. The largest absolute Gasteiger partial charge is 0.506 e. The predicted octanol–water partition coefficient (Wildman–Crippen LogP) is 2.34. The summed E-state index contributed by atoms with van der Waals surface area (Å²) in [5, 5.41) is 16.3. The average molecular weight is 277 g/mol. The number of aliphatic imine (C=N–C) groups is 1. The number of anilines is 1. The first-order valence-electron chi connectivity index (χ1n) is 7.23. The van der Waals surface area contributed by atoms with Crippen LogP contribution in [0.4, 0.5) is 5.69 Å². The normalized spacial score (nSPS) is 15.2. The van der Waals surface area contributed by atoms with E-state index in [2.05, 4.69) is 15.6 Å². The van der Waals surface area contributed by atoms with Gasteiger partial charge in [0.15, 0.2) is 5.96 Å². The molecule has 3 N–H and O–H groups in total. The summed E-state index contributed by atoms with van der Waals surface area (Å²) in [5.41, 5.74) is 0.671. The maximum atomic E-state index is 9.79. The van der Waals surface area contributed by atoms with E-state index in [9.17, 15) is 5.11 Å². The zero-order valence-corrected chi connectivity index (χ0v) is 11.9. The Bertz CT molecular complexity index is 444. The van der Waals surface area contributed by atoms with Crippen molar-refractivity contribution in [3.63, 3.8) is 0 Å². The molecule has 110 valence electrons. The lowest BCUT2D eigenvalue weighted by Crippen LogP contribution is -2.32. The van der Waals surface area contributed by atoms with Crippen molar-refractivity contribution in [1.29, 1.82) is 0 Å². The van der Waals surface area contributed by atoms with Crippen molar-refractivity contribution in [2.45, 2.75) is 32.2 Å². The molecule has 1 aliphatic carbocycles. The number of guanidine groups is 1. The molecule has 0 saturated heterocycles. The van der Waals surface area contributed by atoms with E-state index >= 15 is 0 Å². The van der Waals surface area contributed by atoms with Gasteiger partial charge in [0.05, 0.1) is 5.69 Å². The second-order valence-electron chi connectivity index (χ2n) is 4.84. The summed E-state index contributed by atoms with van der Waals surface area (Å²) in [4.78, 5) is 4.52. The number of rotatable bonds is 7. The third-order valence-corrected chi connectivity index (χ3v) is 3.00. The number of nitrogens with zero attached hydrogens (tertiary/aromatic N) is 1. The zero-order valence-electron chi connectivity index (χ0n) is 11.9. The van der Waals surface area contributed by atoms with Crippen molar-refractivity contribution in [3.05, 3.63) is 24.3 Å². The molecule has 0 aromatic heterocycles. The molecule has 1 fully saturated rings. The smallest absolute Gasteiger partial charge is 0.196 e. The molecule has 5 nitrogen and oxygen atoms in total.